The van der Waals surface area contributed by atoms with Crippen LogP contribution < -0.4 is 10.6 Å². The van der Waals surface area contributed by atoms with E-state index in [1.165, 1.54) is 18.2 Å². The summed E-state index contributed by atoms with van der Waals surface area (Å²) in [6, 6.07) is 21.9. The second-order valence-corrected chi connectivity index (χ2v) is 6.31. The zero-order chi connectivity index (χ0) is 21.3. The average molecular weight is 406 g/mol. The fourth-order valence-electron chi connectivity index (χ4n) is 2.73. The fourth-order valence-corrected chi connectivity index (χ4v) is 2.73. The summed E-state index contributed by atoms with van der Waals surface area (Å²) in [5, 5.41) is 5.03. The number of carbonyl (C=O) groups excluding carboxylic acids is 3. The van der Waals surface area contributed by atoms with Crippen LogP contribution >= 0.6 is 0 Å². The second kappa shape index (κ2) is 9.97. The Balaban J connectivity index is 1.49. The number of halogens is 1. The molecule has 0 saturated carbocycles. The van der Waals surface area contributed by atoms with Crippen molar-refractivity contribution in [2.75, 3.05) is 18.5 Å². The highest BCUT2D eigenvalue weighted by molar-refractivity contribution is 5.98. The Labute approximate surface area is 172 Å². The van der Waals surface area contributed by atoms with Crippen molar-refractivity contribution >= 4 is 23.5 Å². The first kappa shape index (κ1) is 20.7. The van der Waals surface area contributed by atoms with E-state index in [9.17, 15) is 18.8 Å². The second-order valence-electron chi connectivity index (χ2n) is 6.31. The summed E-state index contributed by atoms with van der Waals surface area (Å²) >= 11 is 0. The Bertz CT molecular complexity index is 1050. The Morgan fingerprint density at radius 1 is 0.867 bits per heavy atom. The molecule has 0 radical (unpaired) electrons. The van der Waals surface area contributed by atoms with Crippen molar-refractivity contribution in [1.82, 2.24) is 5.32 Å². The maximum Gasteiger partial charge on any atom is 0.325 e. The molecule has 0 spiro atoms. The number of nitrogens with one attached hydrogen (secondary N) is 2. The summed E-state index contributed by atoms with van der Waals surface area (Å²) in [5.74, 6) is -2.47. The van der Waals surface area contributed by atoms with E-state index in [4.69, 9.17) is 4.74 Å². The molecule has 0 aromatic heterocycles. The highest BCUT2D eigenvalue weighted by atomic mass is 19.1. The van der Waals surface area contributed by atoms with Gasteiger partial charge in [-0.2, -0.15) is 0 Å². The lowest BCUT2D eigenvalue weighted by Gasteiger charge is -2.12. The first-order chi connectivity index (χ1) is 14.5. The lowest BCUT2D eigenvalue weighted by atomic mass is 10.0. The van der Waals surface area contributed by atoms with Crippen molar-refractivity contribution in [2.45, 2.75) is 0 Å². The Morgan fingerprint density at radius 3 is 2.37 bits per heavy atom. The summed E-state index contributed by atoms with van der Waals surface area (Å²) in [5.41, 5.74) is 2.44. The lowest BCUT2D eigenvalue weighted by molar-refractivity contribution is -0.146. The van der Waals surface area contributed by atoms with Gasteiger partial charge in [0.2, 0.25) is 0 Å². The predicted octanol–water partition coefficient (Wildman–Crippen LogP) is 3.40. The summed E-state index contributed by atoms with van der Waals surface area (Å²) < 4.78 is 18.0. The molecule has 152 valence electrons. The van der Waals surface area contributed by atoms with E-state index < -0.39 is 36.8 Å². The van der Waals surface area contributed by atoms with Crippen LogP contribution in [0.25, 0.3) is 11.1 Å². The maximum atomic E-state index is 13.1. The zero-order valence-corrected chi connectivity index (χ0v) is 15.9. The Kier molecular flexibility index (Phi) is 6.89. The van der Waals surface area contributed by atoms with E-state index in [2.05, 4.69) is 10.6 Å². The monoisotopic (exact) mass is 406 g/mol. The molecule has 7 heteroatoms. The van der Waals surface area contributed by atoms with E-state index in [0.29, 0.717) is 5.69 Å². The number of ether oxygens (including phenoxy) is 1. The van der Waals surface area contributed by atoms with Crippen LogP contribution in [-0.2, 0) is 14.3 Å². The van der Waals surface area contributed by atoms with Gasteiger partial charge in [-0.25, -0.2) is 4.39 Å². The smallest absolute Gasteiger partial charge is 0.325 e. The molecule has 0 saturated heterocycles. The zero-order valence-electron chi connectivity index (χ0n) is 15.9. The van der Waals surface area contributed by atoms with Crippen molar-refractivity contribution in [2.24, 2.45) is 0 Å². The molecule has 0 bridgehead atoms. The van der Waals surface area contributed by atoms with Gasteiger partial charge < -0.3 is 15.4 Å². The van der Waals surface area contributed by atoms with Gasteiger partial charge in [-0.1, -0.05) is 54.6 Å². The summed E-state index contributed by atoms with van der Waals surface area (Å²) in [6.45, 7) is -0.943. The number of benzene rings is 3. The summed E-state index contributed by atoms with van der Waals surface area (Å²) in [6.07, 6.45) is 0. The Hall–Kier alpha value is -4.00. The number of hydrogen-bond donors (Lipinski definition) is 2. The van der Waals surface area contributed by atoms with Crippen molar-refractivity contribution in [1.29, 1.82) is 0 Å². The molecule has 0 fully saturated rings. The first-order valence-corrected chi connectivity index (χ1v) is 9.16. The maximum absolute atomic E-state index is 13.1. The molecular weight excluding hydrogens is 387 g/mol. The van der Waals surface area contributed by atoms with Crippen LogP contribution in [0.2, 0.25) is 0 Å². The van der Waals surface area contributed by atoms with E-state index in [1.807, 2.05) is 42.5 Å². The number of amides is 2. The van der Waals surface area contributed by atoms with Gasteiger partial charge in [0.1, 0.15) is 12.4 Å². The van der Waals surface area contributed by atoms with Crippen molar-refractivity contribution in [3.05, 3.63) is 90.2 Å². The van der Waals surface area contributed by atoms with Gasteiger partial charge in [0.25, 0.3) is 11.8 Å². The first-order valence-electron chi connectivity index (χ1n) is 9.16. The number of rotatable bonds is 7. The Morgan fingerprint density at radius 2 is 1.60 bits per heavy atom. The number of hydrogen-bond acceptors (Lipinski definition) is 4. The van der Waals surface area contributed by atoms with Crippen LogP contribution in [0.3, 0.4) is 0 Å². The summed E-state index contributed by atoms with van der Waals surface area (Å²) in [4.78, 5) is 35.9. The molecule has 2 amide bonds. The minimum atomic E-state index is -0.786. The van der Waals surface area contributed by atoms with Crippen LogP contribution in [0.15, 0.2) is 78.9 Å². The molecule has 3 aromatic rings. The number of carbonyl (C=O) groups is 3. The van der Waals surface area contributed by atoms with E-state index >= 15 is 0 Å². The molecular formula is C23H19FN2O4. The molecule has 3 rings (SSSR count). The summed E-state index contributed by atoms with van der Waals surface area (Å²) in [7, 11) is 0. The van der Waals surface area contributed by atoms with Crippen molar-refractivity contribution < 1.29 is 23.5 Å². The minimum Gasteiger partial charge on any atom is -0.454 e. The van der Waals surface area contributed by atoms with Gasteiger partial charge in [0.15, 0.2) is 6.61 Å². The number of para-hydroxylation sites is 1. The molecule has 0 heterocycles. The van der Waals surface area contributed by atoms with Crippen LogP contribution in [-0.4, -0.2) is 30.9 Å². The van der Waals surface area contributed by atoms with Crippen LogP contribution in [0.1, 0.15) is 10.4 Å². The number of esters is 1. The van der Waals surface area contributed by atoms with Gasteiger partial charge in [-0.05, 0) is 29.8 Å². The third-order valence-corrected chi connectivity index (χ3v) is 4.13. The lowest BCUT2D eigenvalue weighted by Crippen LogP contribution is -2.32. The molecule has 0 aliphatic carbocycles. The van der Waals surface area contributed by atoms with Gasteiger partial charge >= 0.3 is 5.97 Å². The van der Waals surface area contributed by atoms with Crippen LogP contribution in [0.5, 0.6) is 0 Å². The molecule has 2 N–H and O–H groups in total. The predicted molar refractivity (Wildman–Crippen MR) is 110 cm³/mol. The normalized spacial score (nSPS) is 10.2. The van der Waals surface area contributed by atoms with Crippen LogP contribution in [0.4, 0.5) is 10.1 Å². The standard InChI is InChI=1S/C23H19FN2O4/c24-18-10-6-9-17(13-18)23(29)25-14-22(28)30-15-21(27)26-20-12-5-4-11-19(20)16-7-2-1-3-8-16/h1-13H,14-15H2,(H,25,29)(H,26,27). The number of anilines is 1. The molecule has 0 atom stereocenters. The van der Waals surface area contributed by atoms with Gasteiger partial charge in [0, 0.05) is 16.8 Å². The van der Waals surface area contributed by atoms with Gasteiger partial charge in [0.05, 0.1) is 0 Å². The van der Waals surface area contributed by atoms with Gasteiger partial charge in [-0.3, -0.25) is 14.4 Å². The minimum absolute atomic E-state index is 0.0815. The largest absolute Gasteiger partial charge is 0.454 e. The van der Waals surface area contributed by atoms with Crippen molar-refractivity contribution in [3.8, 4) is 11.1 Å². The molecule has 0 aliphatic heterocycles. The SMILES string of the molecule is O=C(COC(=O)CNC(=O)c1cccc(F)c1)Nc1ccccc1-c1ccccc1. The van der Waals surface area contributed by atoms with Crippen LogP contribution in [0, 0.1) is 5.82 Å². The molecule has 0 aliphatic rings. The fraction of sp³-hybridized carbons (Fsp3) is 0.0870. The van der Waals surface area contributed by atoms with E-state index in [-0.39, 0.29) is 5.56 Å². The average Bonchev–Trinajstić information content (AvgIpc) is 2.77. The quantitative estimate of drug-likeness (QED) is 0.589. The van der Waals surface area contributed by atoms with E-state index in [0.717, 1.165) is 17.2 Å². The third kappa shape index (κ3) is 5.75. The highest BCUT2D eigenvalue weighted by Crippen LogP contribution is 2.27. The van der Waals surface area contributed by atoms with Crippen molar-refractivity contribution in [3.63, 3.8) is 0 Å². The molecule has 30 heavy (non-hydrogen) atoms. The topological polar surface area (TPSA) is 84.5 Å². The molecule has 0 unspecified atom stereocenters. The highest BCUT2D eigenvalue weighted by Gasteiger charge is 2.13. The molecule has 6 nitrogen and oxygen atoms in total. The van der Waals surface area contributed by atoms with E-state index in [1.54, 1.807) is 12.1 Å². The van der Waals surface area contributed by atoms with Gasteiger partial charge in [-0.15, -0.1) is 0 Å². The third-order valence-electron chi connectivity index (χ3n) is 4.13. The molecule has 3 aromatic carbocycles.